The van der Waals surface area contributed by atoms with Gasteiger partial charge in [0.15, 0.2) is 5.78 Å². The molecule has 3 N–H and O–H groups in total. The maximum atomic E-state index is 12.4. The Labute approximate surface area is 203 Å². The lowest BCUT2D eigenvalue weighted by Gasteiger charge is -2.30. The fourth-order valence-electron chi connectivity index (χ4n) is 5.19. The van der Waals surface area contributed by atoms with Crippen molar-refractivity contribution in [2.24, 2.45) is 11.8 Å². The van der Waals surface area contributed by atoms with Gasteiger partial charge in [0.1, 0.15) is 0 Å². The lowest BCUT2D eigenvalue weighted by atomic mass is 9.84. The third kappa shape index (κ3) is 8.12. The van der Waals surface area contributed by atoms with Crippen LogP contribution in [0.5, 0.6) is 0 Å². The standard InChI is InChI=1S/C27H41N3O4/c1-19(2)26(32)23-8-7-21-12-16-30(17-13-22(21)18-23)15-11-20-5-9-24(10-6-20)29-25(31)4-3-14-28-27(33)34/h7-8,18-20,24,28H,3-6,9-17H2,1-2H3,(H,29,31)(H,33,34)/t20-,24-. The van der Waals surface area contributed by atoms with Crippen LogP contribution in [0.25, 0.3) is 0 Å². The summed E-state index contributed by atoms with van der Waals surface area (Å²) in [6.07, 6.45) is 7.48. The molecule has 1 saturated carbocycles. The molecule has 1 aliphatic heterocycles. The van der Waals surface area contributed by atoms with E-state index in [9.17, 15) is 14.4 Å². The van der Waals surface area contributed by atoms with Gasteiger partial charge in [0.05, 0.1) is 0 Å². The monoisotopic (exact) mass is 471 g/mol. The maximum absolute atomic E-state index is 12.4. The van der Waals surface area contributed by atoms with Crippen molar-refractivity contribution in [1.29, 1.82) is 0 Å². The van der Waals surface area contributed by atoms with Crippen LogP contribution in [0.3, 0.4) is 0 Å². The first-order valence-corrected chi connectivity index (χ1v) is 13.0. The highest BCUT2D eigenvalue weighted by molar-refractivity contribution is 5.97. The van der Waals surface area contributed by atoms with Crippen molar-refractivity contribution in [2.75, 3.05) is 26.2 Å². The number of ketones is 1. The van der Waals surface area contributed by atoms with Crippen LogP contribution < -0.4 is 10.6 Å². The van der Waals surface area contributed by atoms with Gasteiger partial charge in [0.2, 0.25) is 5.91 Å². The van der Waals surface area contributed by atoms with Crippen LogP contribution in [-0.2, 0) is 17.6 Å². The summed E-state index contributed by atoms with van der Waals surface area (Å²) in [6, 6.07) is 6.54. The van der Waals surface area contributed by atoms with E-state index in [4.69, 9.17) is 5.11 Å². The van der Waals surface area contributed by atoms with Crippen LogP contribution in [0.1, 0.15) is 80.3 Å². The van der Waals surface area contributed by atoms with Crippen LogP contribution in [0, 0.1) is 11.8 Å². The lowest BCUT2D eigenvalue weighted by molar-refractivity contribution is -0.122. The summed E-state index contributed by atoms with van der Waals surface area (Å²) in [6.45, 7) is 7.47. The zero-order valence-electron chi connectivity index (χ0n) is 20.8. The van der Waals surface area contributed by atoms with Crippen LogP contribution in [0.2, 0.25) is 0 Å². The largest absolute Gasteiger partial charge is 0.465 e. The molecule has 1 fully saturated rings. The predicted octanol–water partition coefficient (Wildman–Crippen LogP) is 4.04. The van der Waals surface area contributed by atoms with Crippen molar-refractivity contribution in [3.05, 3.63) is 34.9 Å². The van der Waals surface area contributed by atoms with Crippen LogP contribution in [0.15, 0.2) is 18.2 Å². The molecule has 1 aromatic rings. The Morgan fingerprint density at radius 3 is 2.44 bits per heavy atom. The molecule has 7 heteroatoms. The molecule has 34 heavy (non-hydrogen) atoms. The predicted molar refractivity (Wildman–Crippen MR) is 133 cm³/mol. The molecular formula is C27H41N3O4. The number of amides is 2. The van der Waals surface area contributed by atoms with Gasteiger partial charge in [-0.15, -0.1) is 0 Å². The number of benzene rings is 1. The van der Waals surface area contributed by atoms with Gasteiger partial charge in [-0.2, -0.15) is 0 Å². The first-order valence-electron chi connectivity index (χ1n) is 13.0. The SMILES string of the molecule is CC(C)C(=O)c1ccc2c(c1)CCN(CC[C@H]1CC[C@H](NC(=O)CCCNC(=O)O)CC1)CC2. The minimum Gasteiger partial charge on any atom is -0.465 e. The fraction of sp³-hybridized carbons (Fsp3) is 0.667. The Bertz CT molecular complexity index is 846. The molecule has 0 bridgehead atoms. The summed E-state index contributed by atoms with van der Waals surface area (Å²) in [5, 5.41) is 14.0. The van der Waals surface area contributed by atoms with Crippen molar-refractivity contribution in [3.63, 3.8) is 0 Å². The molecule has 1 aliphatic carbocycles. The molecule has 3 rings (SSSR count). The van der Waals surface area contributed by atoms with Crippen LogP contribution >= 0.6 is 0 Å². The summed E-state index contributed by atoms with van der Waals surface area (Å²) in [5.41, 5.74) is 3.57. The first-order chi connectivity index (χ1) is 16.3. The number of hydrogen-bond acceptors (Lipinski definition) is 4. The molecule has 188 valence electrons. The summed E-state index contributed by atoms with van der Waals surface area (Å²) < 4.78 is 0. The average molecular weight is 472 g/mol. The highest BCUT2D eigenvalue weighted by Crippen LogP contribution is 2.28. The number of Topliss-reactive ketones (excluding diaryl/α,β-unsaturated/α-hetero) is 1. The third-order valence-corrected chi connectivity index (χ3v) is 7.33. The Hall–Kier alpha value is -2.41. The lowest BCUT2D eigenvalue weighted by Crippen LogP contribution is -2.38. The average Bonchev–Trinajstić information content (AvgIpc) is 3.02. The first kappa shape index (κ1) is 26.2. The van der Waals surface area contributed by atoms with Crippen molar-refractivity contribution >= 4 is 17.8 Å². The van der Waals surface area contributed by atoms with E-state index in [1.54, 1.807) is 0 Å². The molecule has 0 atom stereocenters. The number of nitrogens with one attached hydrogen (secondary N) is 2. The number of nitrogens with zero attached hydrogens (tertiary/aromatic N) is 1. The molecule has 0 radical (unpaired) electrons. The molecule has 2 aliphatic rings. The maximum Gasteiger partial charge on any atom is 0.404 e. The van der Waals surface area contributed by atoms with Crippen molar-refractivity contribution < 1.29 is 19.5 Å². The molecule has 0 aromatic heterocycles. The Morgan fingerprint density at radius 1 is 1.06 bits per heavy atom. The van der Waals surface area contributed by atoms with Gasteiger partial charge < -0.3 is 20.6 Å². The van der Waals surface area contributed by atoms with E-state index >= 15 is 0 Å². The summed E-state index contributed by atoms with van der Waals surface area (Å²) in [7, 11) is 0. The van der Waals surface area contributed by atoms with Crippen LogP contribution in [-0.4, -0.2) is 60.0 Å². The highest BCUT2D eigenvalue weighted by atomic mass is 16.4. The Morgan fingerprint density at radius 2 is 1.76 bits per heavy atom. The number of carbonyl (C=O) groups is 3. The van der Waals surface area contributed by atoms with E-state index in [-0.39, 0.29) is 23.7 Å². The molecule has 2 amide bonds. The van der Waals surface area contributed by atoms with Gasteiger partial charge in [-0.3, -0.25) is 9.59 Å². The molecule has 0 unspecified atom stereocenters. The van der Waals surface area contributed by atoms with E-state index in [1.165, 1.54) is 17.5 Å². The number of carboxylic acid groups (broad SMARTS) is 1. The number of hydrogen-bond donors (Lipinski definition) is 3. The number of fused-ring (bicyclic) bond motifs is 1. The molecule has 0 spiro atoms. The zero-order chi connectivity index (χ0) is 24.5. The highest BCUT2D eigenvalue weighted by Gasteiger charge is 2.23. The van der Waals surface area contributed by atoms with Gasteiger partial charge in [0.25, 0.3) is 0 Å². The Kier molecular flexibility index (Phi) is 9.93. The van der Waals surface area contributed by atoms with Crippen LogP contribution in [0.4, 0.5) is 4.79 Å². The molecule has 1 aromatic carbocycles. The molecule has 7 nitrogen and oxygen atoms in total. The van der Waals surface area contributed by atoms with Crippen molar-refractivity contribution in [2.45, 2.75) is 77.7 Å². The van der Waals surface area contributed by atoms with Crippen molar-refractivity contribution in [1.82, 2.24) is 15.5 Å². The van der Waals surface area contributed by atoms with E-state index in [2.05, 4.69) is 27.7 Å². The summed E-state index contributed by atoms with van der Waals surface area (Å²) in [4.78, 5) is 37.5. The third-order valence-electron chi connectivity index (χ3n) is 7.33. The molecule has 0 saturated heterocycles. The van der Waals surface area contributed by atoms with Gasteiger partial charge in [-0.25, -0.2) is 4.79 Å². The molecule has 1 heterocycles. The fourth-order valence-corrected chi connectivity index (χ4v) is 5.19. The normalized spacial score (nSPS) is 20.9. The van der Waals surface area contributed by atoms with E-state index < -0.39 is 6.09 Å². The van der Waals surface area contributed by atoms with Gasteiger partial charge in [-0.1, -0.05) is 26.0 Å². The summed E-state index contributed by atoms with van der Waals surface area (Å²) >= 11 is 0. The summed E-state index contributed by atoms with van der Waals surface area (Å²) in [5.74, 6) is 1.00. The van der Waals surface area contributed by atoms with Gasteiger partial charge in [-0.05, 0) is 81.0 Å². The van der Waals surface area contributed by atoms with E-state index in [0.717, 1.165) is 63.7 Å². The smallest absolute Gasteiger partial charge is 0.404 e. The number of carbonyl (C=O) groups excluding carboxylic acids is 2. The van der Waals surface area contributed by atoms with E-state index in [0.29, 0.717) is 25.3 Å². The van der Waals surface area contributed by atoms with Gasteiger partial charge in [0, 0.05) is 43.6 Å². The topological polar surface area (TPSA) is 98.7 Å². The van der Waals surface area contributed by atoms with Gasteiger partial charge >= 0.3 is 6.09 Å². The van der Waals surface area contributed by atoms with Crippen molar-refractivity contribution in [3.8, 4) is 0 Å². The second-order valence-corrected chi connectivity index (χ2v) is 10.3. The minimum absolute atomic E-state index is 0.0259. The quantitative estimate of drug-likeness (QED) is 0.353. The second kappa shape index (κ2) is 12.9. The molecular weight excluding hydrogens is 430 g/mol. The zero-order valence-corrected chi connectivity index (χ0v) is 20.8. The van der Waals surface area contributed by atoms with E-state index in [1.807, 2.05) is 19.9 Å². The Balaban J connectivity index is 1.35. The minimum atomic E-state index is -1.05. The second-order valence-electron chi connectivity index (χ2n) is 10.3. The number of rotatable bonds is 10.